The number of methoxy groups -OCH3 is 4. The van der Waals surface area contributed by atoms with Crippen molar-refractivity contribution in [2.75, 3.05) is 35.0 Å². The predicted molar refractivity (Wildman–Crippen MR) is 110 cm³/mol. The molecular weight excluding hydrogens is 440 g/mol. The molecule has 0 aliphatic carbocycles. The number of nitro groups is 1. The fraction of sp³-hybridized carbons (Fsp3) is 0.333. The predicted octanol–water partition coefficient (Wildman–Crippen LogP) is 1.21. The van der Waals surface area contributed by atoms with Crippen molar-refractivity contribution in [2.24, 2.45) is 0 Å². The maximum Gasteiger partial charge on any atom is 0.336 e. The Morgan fingerprint density at radius 1 is 0.970 bits per heavy atom. The van der Waals surface area contributed by atoms with Gasteiger partial charge in [0.15, 0.2) is 0 Å². The van der Waals surface area contributed by atoms with Crippen LogP contribution in [0.5, 0.6) is 0 Å². The minimum absolute atomic E-state index is 0.00302. The second kappa shape index (κ2) is 10.9. The van der Waals surface area contributed by atoms with E-state index in [1.807, 2.05) is 0 Å². The fourth-order valence-electron chi connectivity index (χ4n) is 3.35. The van der Waals surface area contributed by atoms with Gasteiger partial charge >= 0.3 is 23.9 Å². The number of benzene rings is 1. The largest absolute Gasteiger partial charge is 0.469 e. The molecule has 1 atom stereocenters. The maximum atomic E-state index is 12.9. The number of carbonyl (C=O) groups is 4. The first-order valence-corrected chi connectivity index (χ1v) is 9.44. The summed E-state index contributed by atoms with van der Waals surface area (Å²) in [6.45, 7) is -0.453. The molecule has 12 nitrogen and oxygen atoms in total. The number of hydrogen-bond acceptors (Lipinski definition) is 11. The van der Waals surface area contributed by atoms with Gasteiger partial charge in [-0.2, -0.15) is 0 Å². The van der Waals surface area contributed by atoms with Crippen LogP contribution in [0.3, 0.4) is 0 Å². The zero-order chi connectivity index (χ0) is 24.7. The van der Waals surface area contributed by atoms with Gasteiger partial charge in [0.1, 0.15) is 6.54 Å². The molecule has 0 radical (unpaired) electrons. The SMILES string of the molecule is COC(=O)CC1=C(C(=O)OC)C(c2cccc([N+](=O)[O-])c2)C(C(=O)OC)=CN1CC(=O)OC. The number of hydrogen-bond donors (Lipinski definition) is 0. The lowest BCUT2D eigenvalue weighted by Gasteiger charge is -2.34. The zero-order valence-electron chi connectivity index (χ0n) is 18.4. The number of nitro benzene ring substituents is 1. The van der Waals surface area contributed by atoms with Gasteiger partial charge in [-0.3, -0.25) is 19.7 Å². The van der Waals surface area contributed by atoms with E-state index in [2.05, 4.69) is 4.74 Å². The van der Waals surface area contributed by atoms with Crippen LogP contribution in [-0.4, -0.2) is 68.7 Å². The zero-order valence-corrected chi connectivity index (χ0v) is 18.4. The van der Waals surface area contributed by atoms with Gasteiger partial charge < -0.3 is 23.8 Å². The van der Waals surface area contributed by atoms with Crippen LogP contribution in [0.25, 0.3) is 0 Å². The lowest BCUT2D eigenvalue weighted by molar-refractivity contribution is -0.384. The lowest BCUT2D eigenvalue weighted by Crippen LogP contribution is -2.36. The summed E-state index contributed by atoms with van der Waals surface area (Å²) in [5, 5.41) is 11.3. The van der Waals surface area contributed by atoms with Gasteiger partial charge in [-0.1, -0.05) is 12.1 Å². The summed E-state index contributed by atoms with van der Waals surface area (Å²) < 4.78 is 19.1. The van der Waals surface area contributed by atoms with E-state index in [4.69, 9.17) is 14.2 Å². The van der Waals surface area contributed by atoms with Gasteiger partial charge in [0.25, 0.3) is 5.69 Å². The Kier molecular flexibility index (Phi) is 8.26. The highest BCUT2D eigenvalue weighted by atomic mass is 16.6. The second-order valence-corrected chi connectivity index (χ2v) is 6.67. The van der Waals surface area contributed by atoms with Gasteiger partial charge in [0, 0.05) is 24.0 Å². The molecule has 0 spiro atoms. The highest BCUT2D eigenvalue weighted by molar-refractivity contribution is 6.00. The molecule has 1 aliphatic rings. The molecule has 1 unspecified atom stereocenters. The first-order chi connectivity index (χ1) is 15.7. The van der Waals surface area contributed by atoms with Crippen LogP contribution in [0.2, 0.25) is 0 Å². The Hall–Kier alpha value is -4.22. The van der Waals surface area contributed by atoms with Crippen molar-refractivity contribution in [3.8, 4) is 0 Å². The van der Waals surface area contributed by atoms with Crippen molar-refractivity contribution in [3.63, 3.8) is 0 Å². The summed E-state index contributed by atoms with van der Waals surface area (Å²) in [5.74, 6) is -4.45. The molecule has 33 heavy (non-hydrogen) atoms. The number of nitrogens with zero attached hydrogens (tertiary/aromatic N) is 2. The smallest absolute Gasteiger partial charge is 0.336 e. The molecule has 1 heterocycles. The van der Waals surface area contributed by atoms with Gasteiger partial charge in [-0.25, -0.2) is 9.59 Å². The summed E-state index contributed by atoms with van der Waals surface area (Å²) in [6.07, 6.45) is 0.769. The van der Waals surface area contributed by atoms with E-state index in [0.29, 0.717) is 0 Å². The fourth-order valence-corrected chi connectivity index (χ4v) is 3.35. The summed E-state index contributed by atoms with van der Waals surface area (Å²) in [4.78, 5) is 61.6. The quantitative estimate of drug-likeness (QED) is 0.237. The molecule has 0 amide bonds. The summed E-state index contributed by atoms with van der Waals surface area (Å²) >= 11 is 0. The number of ether oxygens (including phenoxy) is 4. The second-order valence-electron chi connectivity index (χ2n) is 6.67. The van der Waals surface area contributed by atoms with Crippen LogP contribution in [0.4, 0.5) is 5.69 Å². The minimum atomic E-state index is -1.20. The molecule has 0 N–H and O–H groups in total. The first-order valence-electron chi connectivity index (χ1n) is 9.44. The lowest BCUT2D eigenvalue weighted by atomic mass is 9.80. The standard InChI is InChI=1S/C21H22N2O10/c1-30-16(24)9-15-19(21(27)33-4)18(12-6-5-7-13(8-12)23(28)29)14(20(26)32-3)10-22(15)11-17(25)31-2/h5-8,10,18H,9,11H2,1-4H3. The van der Waals surface area contributed by atoms with Gasteiger partial charge in [0.2, 0.25) is 0 Å². The topological polar surface area (TPSA) is 152 Å². The van der Waals surface area contributed by atoms with E-state index in [1.165, 1.54) is 35.4 Å². The molecule has 0 aromatic heterocycles. The Bertz CT molecular complexity index is 1040. The van der Waals surface area contributed by atoms with Crippen LogP contribution < -0.4 is 0 Å². The average Bonchev–Trinajstić information content (AvgIpc) is 2.83. The molecular formula is C21H22N2O10. The van der Waals surface area contributed by atoms with Gasteiger partial charge in [-0.05, 0) is 5.56 Å². The maximum absolute atomic E-state index is 12.9. The minimum Gasteiger partial charge on any atom is -0.469 e. The van der Waals surface area contributed by atoms with E-state index in [9.17, 15) is 29.3 Å². The van der Waals surface area contributed by atoms with Crippen LogP contribution in [0.1, 0.15) is 17.9 Å². The van der Waals surface area contributed by atoms with E-state index in [1.54, 1.807) is 0 Å². The van der Waals surface area contributed by atoms with Crippen molar-refractivity contribution < 1.29 is 43.0 Å². The van der Waals surface area contributed by atoms with Crippen LogP contribution in [0.15, 0.2) is 47.3 Å². The van der Waals surface area contributed by atoms with Gasteiger partial charge in [-0.15, -0.1) is 0 Å². The number of carbonyl (C=O) groups excluding carboxylic acids is 4. The van der Waals surface area contributed by atoms with Crippen molar-refractivity contribution in [2.45, 2.75) is 12.3 Å². The third-order valence-corrected chi connectivity index (χ3v) is 4.86. The highest BCUT2D eigenvalue weighted by Gasteiger charge is 2.40. The Labute approximate surface area is 188 Å². The Morgan fingerprint density at radius 3 is 2.15 bits per heavy atom. The summed E-state index contributed by atoms with van der Waals surface area (Å²) in [5.41, 5.74) is -0.386. The number of rotatable bonds is 8. The van der Waals surface area contributed by atoms with E-state index in [-0.39, 0.29) is 28.1 Å². The monoisotopic (exact) mass is 462 g/mol. The van der Waals surface area contributed by atoms with E-state index < -0.39 is 47.7 Å². The van der Waals surface area contributed by atoms with Crippen molar-refractivity contribution in [1.29, 1.82) is 0 Å². The molecule has 0 bridgehead atoms. The van der Waals surface area contributed by atoms with Crippen LogP contribution >= 0.6 is 0 Å². The third-order valence-electron chi connectivity index (χ3n) is 4.86. The molecule has 1 aliphatic heterocycles. The molecule has 0 fully saturated rings. The normalized spacial score (nSPS) is 15.3. The van der Waals surface area contributed by atoms with E-state index in [0.717, 1.165) is 28.4 Å². The summed E-state index contributed by atoms with van der Waals surface area (Å²) in [7, 11) is 4.50. The molecule has 2 rings (SSSR count). The Balaban J connectivity index is 2.86. The van der Waals surface area contributed by atoms with Gasteiger partial charge in [0.05, 0.1) is 56.8 Å². The van der Waals surface area contributed by atoms with Crippen LogP contribution in [0, 0.1) is 10.1 Å². The molecule has 1 aromatic rings. The van der Waals surface area contributed by atoms with E-state index >= 15 is 0 Å². The molecule has 0 saturated carbocycles. The average molecular weight is 462 g/mol. The van der Waals surface area contributed by atoms with Crippen LogP contribution in [-0.2, 0) is 38.1 Å². The highest BCUT2D eigenvalue weighted by Crippen LogP contribution is 2.41. The first kappa shape index (κ1) is 25.0. The number of esters is 4. The summed E-state index contributed by atoms with van der Waals surface area (Å²) in [6, 6.07) is 5.30. The molecule has 176 valence electrons. The van der Waals surface area contributed by atoms with Crippen molar-refractivity contribution >= 4 is 29.6 Å². The molecule has 0 saturated heterocycles. The molecule has 1 aromatic carbocycles. The third kappa shape index (κ3) is 5.53. The molecule has 12 heteroatoms. The Morgan fingerprint density at radius 2 is 1.61 bits per heavy atom. The van der Waals surface area contributed by atoms with Crippen molar-refractivity contribution in [3.05, 3.63) is 63.0 Å². The van der Waals surface area contributed by atoms with Crippen molar-refractivity contribution in [1.82, 2.24) is 4.90 Å². The number of non-ortho nitro benzene ring substituents is 1.